The molecule has 2 aliphatic rings. The number of aliphatic hydroxyl groups excluding tert-OH is 2. The molecule has 0 radical (unpaired) electrons. The first kappa shape index (κ1) is 15.0. The van der Waals surface area contributed by atoms with Crippen molar-refractivity contribution in [3.05, 3.63) is 23.5 Å². The maximum Gasteiger partial charge on any atom is 0.270 e. The number of nitriles is 1. The van der Waals surface area contributed by atoms with Crippen molar-refractivity contribution in [2.24, 2.45) is 0 Å². The van der Waals surface area contributed by atoms with E-state index in [1.807, 2.05) is 6.07 Å². The molecule has 1 aromatic heterocycles. The number of carbonyl (C=O) groups is 1. The minimum Gasteiger partial charge on any atom is -0.390 e. The predicted octanol–water partition coefficient (Wildman–Crippen LogP) is 0.00328. The lowest BCUT2D eigenvalue weighted by molar-refractivity contribution is -0.185. The smallest absolute Gasteiger partial charge is 0.270 e. The van der Waals surface area contributed by atoms with Crippen LogP contribution < -0.4 is 0 Å². The van der Waals surface area contributed by atoms with Crippen LogP contribution >= 0.6 is 0 Å². The Labute approximate surface area is 128 Å². The van der Waals surface area contributed by atoms with E-state index in [-0.39, 0.29) is 12.5 Å². The molecule has 0 aliphatic carbocycles. The van der Waals surface area contributed by atoms with E-state index in [0.29, 0.717) is 43.6 Å². The molecule has 0 unspecified atom stereocenters. The van der Waals surface area contributed by atoms with Gasteiger partial charge in [0, 0.05) is 25.7 Å². The van der Waals surface area contributed by atoms with Crippen LogP contribution in [-0.2, 0) is 4.74 Å². The molecule has 118 valence electrons. The van der Waals surface area contributed by atoms with Crippen molar-refractivity contribution >= 4 is 5.91 Å². The van der Waals surface area contributed by atoms with Gasteiger partial charge in [0.05, 0.1) is 23.9 Å². The number of aromatic amines is 1. The average Bonchev–Trinajstić information content (AvgIpc) is 3.01. The summed E-state index contributed by atoms with van der Waals surface area (Å²) in [5.74, 6) is -0.132. The predicted molar refractivity (Wildman–Crippen MR) is 76.0 cm³/mol. The highest BCUT2D eigenvalue weighted by Crippen LogP contribution is 2.35. The van der Waals surface area contributed by atoms with Gasteiger partial charge in [0.2, 0.25) is 0 Å². The SMILES string of the molecule is N#Cc1c[nH]c(C(=O)N2CCC3(CC2)C[C@@H](O)[C@@H](O)CO3)c1. The summed E-state index contributed by atoms with van der Waals surface area (Å²) >= 11 is 0. The maximum absolute atomic E-state index is 12.4. The number of rotatable bonds is 1. The highest BCUT2D eigenvalue weighted by Gasteiger charge is 2.43. The number of nitrogens with one attached hydrogen (secondary N) is 1. The molecule has 2 saturated heterocycles. The minimum absolute atomic E-state index is 0.132. The lowest BCUT2D eigenvalue weighted by atomic mass is 9.82. The number of ether oxygens (including phenoxy) is 1. The van der Waals surface area contributed by atoms with Crippen LogP contribution in [-0.4, -0.2) is 63.5 Å². The molecule has 2 fully saturated rings. The van der Waals surface area contributed by atoms with Crippen molar-refractivity contribution in [2.45, 2.75) is 37.1 Å². The molecule has 22 heavy (non-hydrogen) atoms. The number of aromatic nitrogens is 1. The second-order valence-corrected chi connectivity index (χ2v) is 6.04. The molecule has 3 heterocycles. The third-order valence-electron chi connectivity index (χ3n) is 4.59. The monoisotopic (exact) mass is 305 g/mol. The number of nitrogens with zero attached hydrogens (tertiary/aromatic N) is 2. The van der Waals surface area contributed by atoms with E-state index in [4.69, 9.17) is 10.00 Å². The van der Waals surface area contributed by atoms with Crippen LogP contribution in [0.15, 0.2) is 12.3 Å². The van der Waals surface area contributed by atoms with Gasteiger partial charge in [0.15, 0.2) is 0 Å². The molecule has 1 spiro atoms. The molecule has 0 aromatic carbocycles. The maximum atomic E-state index is 12.4. The molecular formula is C15H19N3O4. The number of hydrogen-bond donors (Lipinski definition) is 3. The first-order chi connectivity index (χ1) is 10.5. The normalized spacial score (nSPS) is 27.6. The molecule has 1 aromatic rings. The molecule has 3 N–H and O–H groups in total. The van der Waals surface area contributed by atoms with Gasteiger partial charge in [-0.15, -0.1) is 0 Å². The van der Waals surface area contributed by atoms with E-state index >= 15 is 0 Å². The van der Waals surface area contributed by atoms with Gasteiger partial charge in [-0.3, -0.25) is 4.79 Å². The van der Waals surface area contributed by atoms with Crippen LogP contribution in [0.25, 0.3) is 0 Å². The van der Waals surface area contributed by atoms with Crippen LogP contribution in [0, 0.1) is 11.3 Å². The van der Waals surface area contributed by atoms with Crippen molar-refractivity contribution in [1.29, 1.82) is 5.26 Å². The van der Waals surface area contributed by atoms with Crippen LogP contribution in [0.2, 0.25) is 0 Å². The summed E-state index contributed by atoms with van der Waals surface area (Å²) in [5, 5.41) is 28.2. The Kier molecular flexibility index (Phi) is 3.91. The summed E-state index contributed by atoms with van der Waals surface area (Å²) in [6.07, 6.45) is 1.59. The Morgan fingerprint density at radius 2 is 2.14 bits per heavy atom. The first-order valence-electron chi connectivity index (χ1n) is 7.41. The minimum atomic E-state index is -0.825. The summed E-state index contributed by atoms with van der Waals surface area (Å²) in [7, 11) is 0. The Balaban J connectivity index is 1.62. The standard InChI is InChI=1S/C15H19N3O4/c16-7-10-5-11(17-8-10)14(21)18-3-1-15(2-4-18)6-12(19)13(20)9-22-15/h5,8,12-13,17,19-20H,1-4,6,9H2/t12-,13+/m1/s1. The van der Waals surface area contributed by atoms with Gasteiger partial charge < -0.3 is 24.8 Å². The number of aliphatic hydroxyl groups is 2. The fraction of sp³-hybridized carbons (Fsp3) is 0.600. The zero-order valence-electron chi connectivity index (χ0n) is 12.2. The van der Waals surface area contributed by atoms with Gasteiger partial charge in [0.1, 0.15) is 17.9 Å². The van der Waals surface area contributed by atoms with Crippen LogP contribution in [0.1, 0.15) is 35.3 Å². The Hall–Kier alpha value is -1.88. The van der Waals surface area contributed by atoms with E-state index in [1.165, 1.54) is 6.20 Å². The van der Waals surface area contributed by atoms with Crippen molar-refractivity contribution in [3.8, 4) is 6.07 Å². The molecule has 1 amide bonds. The van der Waals surface area contributed by atoms with E-state index in [9.17, 15) is 15.0 Å². The van der Waals surface area contributed by atoms with Crippen LogP contribution in [0.3, 0.4) is 0 Å². The van der Waals surface area contributed by atoms with E-state index in [2.05, 4.69) is 4.98 Å². The van der Waals surface area contributed by atoms with Crippen molar-refractivity contribution in [2.75, 3.05) is 19.7 Å². The Morgan fingerprint density at radius 3 is 2.73 bits per heavy atom. The summed E-state index contributed by atoms with van der Waals surface area (Å²) in [4.78, 5) is 16.9. The molecular weight excluding hydrogens is 286 g/mol. The Bertz CT molecular complexity index is 598. The molecule has 3 rings (SSSR count). The van der Waals surface area contributed by atoms with Gasteiger partial charge in [0.25, 0.3) is 5.91 Å². The van der Waals surface area contributed by atoms with Gasteiger partial charge in [-0.25, -0.2) is 0 Å². The van der Waals surface area contributed by atoms with Gasteiger partial charge in [-0.05, 0) is 18.9 Å². The highest BCUT2D eigenvalue weighted by molar-refractivity contribution is 5.93. The number of carbonyl (C=O) groups excluding carboxylic acids is 1. The summed E-state index contributed by atoms with van der Waals surface area (Å²) < 4.78 is 5.75. The van der Waals surface area contributed by atoms with Crippen molar-refractivity contribution in [1.82, 2.24) is 9.88 Å². The van der Waals surface area contributed by atoms with E-state index < -0.39 is 17.8 Å². The van der Waals surface area contributed by atoms with Crippen molar-refractivity contribution < 1.29 is 19.7 Å². The molecule has 0 saturated carbocycles. The van der Waals surface area contributed by atoms with Gasteiger partial charge in [-0.2, -0.15) is 5.26 Å². The molecule has 2 aliphatic heterocycles. The van der Waals surface area contributed by atoms with Gasteiger partial charge in [-0.1, -0.05) is 0 Å². The molecule has 2 atom stereocenters. The first-order valence-corrected chi connectivity index (χ1v) is 7.41. The van der Waals surface area contributed by atoms with E-state index in [1.54, 1.807) is 11.0 Å². The number of likely N-dealkylation sites (tertiary alicyclic amines) is 1. The van der Waals surface area contributed by atoms with Crippen LogP contribution in [0.4, 0.5) is 0 Å². The Morgan fingerprint density at radius 1 is 1.41 bits per heavy atom. The number of H-pyrrole nitrogens is 1. The fourth-order valence-electron chi connectivity index (χ4n) is 3.17. The second-order valence-electron chi connectivity index (χ2n) is 6.04. The number of hydrogen-bond acceptors (Lipinski definition) is 5. The van der Waals surface area contributed by atoms with Crippen molar-refractivity contribution in [3.63, 3.8) is 0 Å². The fourth-order valence-corrected chi connectivity index (χ4v) is 3.17. The highest BCUT2D eigenvalue weighted by atomic mass is 16.5. The third kappa shape index (κ3) is 2.73. The quantitative estimate of drug-likeness (QED) is 0.677. The summed E-state index contributed by atoms with van der Waals surface area (Å²) in [6, 6.07) is 3.53. The largest absolute Gasteiger partial charge is 0.390 e. The van der Waals surface area contributed by atoms with Crippen LogP contribution in [0.5, 0.6) is 0 Å². The molecule has 7 heteroatoms. The lowest BCUT2D eigenvalue weighted by Gasteiger charge is -2.46. The summed E-state index contributed by atoms with van der Waals surface area (Å²) in [6.45, 7) is 1.20. The lowest BCUT2D eigenvalue weighted by Crippen LogP contribution is -2.55. The topological polar surface area (TPSA) is 110 Å². The number of piperidine rings is 1. The van der Waals surface area contributed by atoms with Gasteiger partial charge >= 0.3 is 0 Å². The number of amides is 1. The zero-order valence-corrected chi connectivity index (χ0v) is 12.2. The molecule has 7 nitrogen and oxygen atoms in total. The summed E-state index contributed by atoms with van der Waals surface area (Å²) in [5.41, 5.74) is 0.403. The third-order valence-corrected chi connectivity index (χ3v) is 4.59. The zero-order chi connectivity index (χ0) is 15.7. The second kappa shape index (κ2) is 5.72. The van der Waals surface area contributed by atoms with E-state index in [0.717, 1.165) is 0 Å². The molecule has 0 bridgehead atoms. The average molecular weight is 305 g/mol.